The Balaban J connectivity index is 2.12. The normalized spacial score (nSPS) is 10.6. The molecule has 0 atom stereocenters. The standard InChI is InChI=1S/C20H17BrO3/c1-3-23-20(22)19-17(15-5-4-6-16(21)11-15)12-18(24-19)14-9-7-13(2)8-10-14/h4-12H,3H2,1-2H3. The fourth-order valence-electron chi connectivity index (χ4n) is 2.47. The van der Waals surface area contributed by atoms with Crippen LogP contribution in [0.2, 0.25) is 0 Å². The van der Waals surface area contributed by atoms with E-state index in [9.17, 15) is 4.79 Å². The van der Waals surface area contributed by atoms with Gasteiger partial charge in [0.25, 0.3) is 0 Å². The van der Waals surface area contributed by atoms with E-state index in [1.807, 2.05) is 61.5 Å². The van der Waals surface area contributed by atoms with E-state index in [2.05, 4.69) is 15.9 Å². The zero-order valence-corrected chi connectivity index (χ0v) is 15.1. The van der Waals surface area contributed by atoms with Crippen molar-refractivity contribution < 1.29 is 13.9 Å². The van der Waals surface area contributed by atoms with Gasteiger partial charge in [0.05, 0.1) is 6.61 Å². The molecule has 122 valence electrons. The van der Waals surface area contributed by atoms with Crippen LogP contribution in [0, 0.1) is 6.92 Å². The molecule has 0 aliphatic heterocycles. The van der Waals surface area contributed by atoms with Gasteiger partial charge in [-0.2, -0.15) is 0 Å². The molecule has 0 fully saturated rings. The van der Waals surface area contributed by atoms with Gasteiger partial charge in [-0.05, 0) is 37.6 Å². The van der Waals surface area contributed by atoms with E-state index < -0.39 is 5.97 Å². The maximum atomic E-state index is 12.3. The van der Waals surface area contributed by atoms with Gasteiger partial charge in [0, 0.05) is 15.6 Å². The van der Waals surface area contributed by atoms with Crippen LogP contribution in [0.15, 0.2) is 63.5 Å². The van der Waals surface area contributed by atoms with Gasteiger partial charge >= 0.3 is 5.97 Å². The fourth-order valence-corrected chi connectivity index (χ4v) is 2.87. The van der Waals surface area contributed by atoms with Gasteiger partial charge in [-0.3, -0.25) is 0 Å². The molecule has 0 bridgehead atoms. The molecule has 2 aromatic carbocycles. The third-order valence-electron chi connectivity index (χ3n) is 3.66. The summed E-state index contributed by atoms with van der Waals surface area (Å²) in [6.07, 6.45) is 0. The molecule has 1 aromatic heterocycles. The summed E-state index contributed by atoms with van der Waals surface area (Å²) in [7, 11) is 0. The highest BCUT2D eigenvalue weighted by Gasteiger charge is 2.21. The number of hydrogen-bond donors (Lipinski definition) is 0. The molecule has 0 N–H and O–H groups in total. The van der Waals surface area contributed by atoms with Gasteiger partial charge in [-0.1, -0.05) is 57.9 Å². The van der Waals surface area contributed by atoms with E-state index in [-0.39, 0.29) is 5.76 Å². The molecule has 3 aromatic rings. The number of benzene rings is 2. The first kappa shape index (κ1) is 16.5. The Morgan fingerprint density at radius 3 is 2.50 bits per heavy atom. The number of ether oxygens (including phenoxy) is 1. The number of carbonyl (C=O) groups is 1. The zero-order chi connectivity index (χ0) is 17.1. The molecular weight excluding hydrogens is 368 g/mol. The minimum atomic E-state index is -0.453. The van der Waals surface area contributed by atoms with Crippen LogP contribution in [0.25, 0.3) is 22.5 Å². The van der Waals surface area contributed by atoms with Gasteiger partial charge in [0.2, 0.25) is 5.76 Å². The van der Waals surface area contributed by atoms with Crippen LogP contribution in [0.1, 0.15) is 23.0 Å². The van der Waals surface area contributed by atoms with Crippen molar-refractivity contribution >= 4 is 21.9 Å². The number of aryl methyl sites for hydroxylation is 1. The maximum absolute atomic E-state index is 12.3. The predicted octanol–water partition coefficient (Wildman–Crippen LogP) is 5.86. The third kappa shape index (κ3) is 3.44. The molecule has 0 spiro atoms. The van der Waals surface area contributed by atoms with Crippen LogP contribution in [0.3, 0.4) is 0 Å². The minimum absolute atomic E-state index is 0.227. The van der Waals surface area contributed by atoms with Crippen molar-refractivity contribution in [3.8, 4) is 22.5 Å². The Bertz CT molecular complexity index is 863. The van der Waals surface area contributed by atoms with E-state index in [0.29, 0.717) is 12.4 Å². The van der Waals surface area contributed by atoms with Crippen LogP contribution >= 0.6 is 15.9 Å². The highest BCUT2D eigenvalue weighted by molar-refractivity contribution is 9.10. The van der Waals surface area contributed by atoms with Crippen molar-refractivity contribution in [1.29, 1.82) is 0 Å². The van der Waals surface area contributed by atoms with E-state index in [1.165, 1.54) is 5.56 Å². The summed E-state index contributed by atoms with van der Waals surface area (Å²) in [5, 5.41) is 0. The molecule has 4 heteroatoms. The van der Waals surface area contributed by atoms with Crippen LogP contribution in [0.4, 0.5) is 0 Å². The van der Waals surface area contributed by atoms with Crippen LogP contribution in [-0.4, -0.2) is 12.6 Å². The van der Waals surface area contributed by atoms with Gasteiger partial charge in [-0.25, -0.2) is 4.79 Å². The average Bonchev–Trinajstić information content (AvgIpc) is 3.01. The number of furan rings is 1. The van der Waals surface area contributed by atoms with Crippen molar-refractivity contribution in [2.24, 2.45) is 0 Å². The monoisotopic (exact) mass is 384 g/mol. The summed E-state index contributed by atoms with van der Waals surface area (Å²) in [4.78, 5) is 12.3. The molecule has 3 rings (SSSR count). The second kappa shape index (κ2) is 7.05. The summed E-state index contributed by atoms with van der Waals surface area (Å²) >= 11 is 3.46. The first-order valence-electron chi connectivity index (χ1n) is 7.72. The zero-order valence-electron chi connectivity index (χ0n) is 13.5. The van der Waals surface area contributed by atoms with E-state index in [4.69, 9.17) is 9.15 Å². The number of carbonyl (C=O) groups excluding carboxylic acids is 1. The van der Waals surface area contributed by atoms with E-state index >= 15 is 0 Å². The first-order chi connectivity index (χ1) is 11.6. The summed E-state index contributed by atoms with van der Waals surface area (Å²) in [5.74, 6) is 0.421. The number of hydrogen-bond acceptors (Lipinski definition) is 3. The molecule has 1 heterocycles. The quantitative estimate of drug-likeness (QED) is 0.528. The highest BCUT2D eigenvalue weighted by Crippen LogP contribution is 2.34. The van der Waals surface area contributed by atoms with Crippen molar-refractivity contribution in [2.45, 2.75) is 13.8 Å². The topological polar surface area (TPSA) is 39.4 Å². The lowest BCUT2D eigenvalue weighted by Gasteiger charge is -2.03. The van der Waals surface area contributed by atoms with Crippen LogP contribution in [0.5, 0.6) is 0 Å². The lowest BCUT2D eigenvalue weighted by Crippen LogP contribution is -2.04. The number of halogens is 1. The Morgan fingerprint density at radius 1 is 1.08 bits per heavy atom. The largest absolute Gasteiger partial charge is 0.460 e. The smallest absolute Gasteiger partial charge is 0.374 e. The van der Waals surface area contributed by atoms with Crippen molar-refractivity contribution in [3.63, 3.8) is 0 Å². The summed E-state index contributed by atoms with van der Waals surface area (Å²) in [5.41, 5.74) is 3.72. The molecular formula is C20H17BrO3. The number of esters is 1. The van der Waals surface area contributed by atoms with E-state index in [0.717, 1.165) is 21.2 Å². The third-order valence-corrected chi connectivity index (χ3v) is 4.16. The molecule has 0 saturated heterocycles. The SMILES string of the molecule is CCOC(=O)c1oc(-c2ccc(C)cc2)cc1-c1cccc(Br)c1. The van der Waals surface area contributed by atoms with Crippen LogP contribution < -0.4 is 0 Å². The van der Waals surface area contributed by atoms with Crippen molar-refractivity contribution in [2.75, 3.05) is 6.61 Å². The average molecular weight is 385 g/mol. The summed E-state index contributed by atoms with van der Waals surface area (Å²) < 4.78 is 11.9. The predicted molar refractivity (Wildman–Crippen MR) is 98.0 cm³/mol. The molecule has 0 aliphatic carbocycles. The maximum Gasteiger partial charge on any atom is 0.374 e. The second-order valence-electron chi connectivity index (χ2n) is 5.45. The molecule has 3 nitrogen and oxygen atoms in total. The summed E-state index contributed by atoms with van der Waals surface area (Å²) in [6.45, 7) is 4.11. The molecule has 0 unspecified atom stereocenters. The lowest BCUT2D eigenvalue weighted by molar-refractivity contribution is 0.0492. The van der Waals surface area contributed by atoms with Gasteiger partial charge in [0.1, 0.15) is 5.76 Å². The molecule has 0 saturated carbocycles. The first-order valence-corrected chi connectivity index (χ1v) is 8.51. The lowest BCUT2D eigenvalue weighted by atomic mass is 10.0. The molecule has 0 aliphatic rings. The Morgan fingerprint density at radius 2 is 1.83 bits per heavy atom. The van der Waals surface area contributed by atoms with Gasteiger partial charge in [-0.15, -0.1) is 0 Å². The Kier molecular flexibility index (Phi) is 4.86. The molecule has 0 amide bonds. The van der Waals surface area contributed by atoms with Gasteiger partial charge < -0.3 is 9.15 Å². The van der Waals surface area contributed by atoms with Crippen molar-refractivity contribution in [3.05, 3.63) is 70.4 Å². The van der Waals surface area contributed by atoms with Crippen LogP contribution in [-0.2, 0) is 4.74 Å². The Hall–Kier alpha value is -2.33. The number of rotatable bonds is 4. The Labute approximate surface area is 149 Å². The van der Waals surface area contributed by atoms with Crippen molar-refractivity contribution in [1.82, 2.24) is 0 Å². The molecule has 24 heavy (non-hydrogen) atoms. The fraction of sp³-hybridized carbons (Fsp3) is 0.150. The minimum Gasteiger partial charge on any atom is -0.460 e. The molecule has 0 radical (unpaired) electrons. The second-order valence-corrected chi connectivity index (χ2v) is 6.37. The van der Waals surface area contributed by atoms with Gasteiger partial charge in [0.15, 0.2) is 0 Å². The summed E-state index contributed by atoms with van der Waals surface area (Å²) in [6, 6.07) is 17.6. The van der Waals surface area contributed by atoms with E-state index in [1.54, 1.807) is 6.92 Å². The highest BCUT2D eigenvalue weighted by atomic mass is 79.9.